The molecule has 0 amide bonds. The first kappa shape index (κ1) is 11.3. The number of rotatable bonds is 3. The molecular formula is C11H17ClN2. The third kappa shape index (κ3) is 2.20. The van der Waals surface area contributed by atoms with Gasteiger partial charge in [0.15, 0.2) is 0 Å². The summed E-state index contributed by atoms with van der Waals surface area (Å²) >= 11 is 6.15. The minimum Gasteiger partial charge on any atom is -0.371 e. The predicted molar refractivity (Wildman–Crippen MR) is 62.9 cm³/mol. The van der Waals surface area contributed by atoms with Crippen molar-refractivity contribution in [2.24, 2.45) is 5.73 Å². The molecule has 14 heavy (non-hydrogen) atoms. The maximum absolute atomic E-state index is 6.15. The molecule has 0 fully saturated rings. The highest BCUT2D eigenvalue weighted by Crippen LogP contribution is 2.29. The fourth-order valence-corrected chi connectivity index (χ4v) is 1.71. The predicted octanol–water partition coefficient (Wildman–Crippen LogP) is 2.64. The normalized spacial score (nSPS) is 10.7. The molecule has 0 saturated heterocycles. The largest absolute Gasteiger partial charge is 0.371 e. The van der Waals surface area contributed by atoms with Gasteiger partial charge in [0.25, 0.3) is 0 Å². The van der Waals surface area contributed by atoms with Crippen LogP contribution in [0.3, 0.4) is 0 Å². The monoisotopic (exact) mass is 212 g/mol. The van der Waals surface area contributed by atoms with Gasteiger partial charge in [0.05, 0.1) is 10.7 Å². The second-order valence-electron chi connectivity index (χ2n) is 3.66. The number of hydrogen-bond donors (Lipinski definition) is 1. The molecule has 2 N–H and O–H groups in total. The topological polar surface area (TPSA) is 29.3 Å². The highest BCUT2D eigenvalue weighted by atomic mass is 35.5. The first-order valence-electron chi connectivity index (χ1n) is 4.78. The molecule has 0 aromatic heterocycles. The SMILES string of the molecule is CC(C)N(C)c1c(Cl)cccc1CN. The first-order valence-corrected chi connectivity index (χ1v) is 5.16. The Morgan fingerprint density at radius 2 is 2.07 bits per heavy atom. The standard InChI is InChI=1S/C11H17ClN2/c1-8(2)14(3)11-9(7-13)5-4-6-10(11)12/h4-6,8H,7,13H2,1-3H3. The van der Waals surface area contributed by atoms with Crippen molar-refractivity contribution in [1.29, 1.82) is 0 Å². The second-order valence-corrected chi connectivity index (χ2v) is 4.06. The van der Waals surface area contributed by atoms with Crippen LogP contribution in [-0.4, -0.2) is 13.1 Å². The van der Waals surface area contributed by atoms with Crippen molar-refractivity contribution in [3.05, 3.63) is 28.8 Å². The molecule has 0 saturated carbocycles. The Labute approximate surface area is 90.7 Å². The maximum atomic E-state index is 6.15. The van der Waals surface area contributed by atoms with E-state index in [-0.39, 0.29) is 0 Å². The van der Waals surface area contributed by atoms with Crippen LogP contribution >= 0.6 is 11.6 Å². The van der Waals surface area contributed by atoms with Crippen LogP contribution in [0.25, 0.3) is 0 Å². The van der Waals surface area contributed by atoms with Crippen LogP contribution in [0.15, 0.2) is 18.2 Å². The number of benzene rings is 1. The molecule has 2 nitrogen and oxygen atoms in total. The van der Waals surface area contributed by atoms with Crippen molar-refractivity contribution in [3.63, 3.8) is 0 Å². The van der Waals surface area contributed by atoms with E-state index in [0.29, 0.717) is 12.6 Å². The summed E-state index contributed by atoms with van der Waals surface area (Å²) in [5, 5.41) is 0.768. The second kappa shape index (κ2) is 4.67. The highest BCUT2D eigenvalue weighted by molar-refractivity contribution is 6.33. The Morgan fingerprint density at radius 3 is 2.57 bits per heavy atom. The fraction of sp³-hybridized carbons (Fsp3) is 0.455. The summed E-state index contributed by atoms with van der Waals surface area (Å²) in [6, 6.07) is 6.26. The van der Waals surface area contributed by atoms with E-state index in [1.807, 2.05) is 25.2 Å². The zero-order chi connectivity index (χ0) is 10.7. The summed E-state index contributed by atoms with van der Waals surface area (Å²) in [5.41, 5.74) is 7.81. The molecule has 0 aliphatic heterocycles. The Balaban J connectivity index is 3.16. The van der Waals surface area contributed by atoms with E-state index < -0.39 is 0 Å². The summed E-state index contributed by atoms with van der Waals surface area (Å²) in [7, 11) is 2.03. The number of nitrogens with two attached hydrogens (primary N) is 1. The molecule has 0 atom stereocenters. The third-order valence-electron chi connectivity index (χ3n) is 2.42. The zero-order valence-corrected chi connectivity index (χ0v) is 9.67. The molecule has 0 radical (unpaired) electrons. The van der Waals surface area contributed by atoms with E-state index in [2.05, 4.69) is 18.7 Å². The Kier molecular flexibility index (Phi) is 3.78. The Hall–Kier alpha value is -0.730. The Bertz CT molecular complexity index is 310. The first-order chi connectivity index (χ1) is 6.57. The average Bonchev–Trinajstić information content (AvgIpc) is 2.16. The van der Waals surface area contributed by atoms with Crippen LogP contribution in [-0.2, 0) is 6.54 Å². The lowest BCUT2D eigenvalue weighted by molar-refractivity contribution is 0.749. The van der Waals surface area contributed by atoms with Gasteiger partial charge < -0.3 is 10.6 Å². The smallest absolute Gasteiger partial charge is 0.0642 e. The van der Waals surface area contributed by atoms with Crippen molar-refractivity contribution in [3.8, 4) is 0 Å². The van der Waals surface area contributed by atoms with Crippen LogP contribution in [0.5, 0.6) is 0 Å². The van der Waals surface area contributed by atoms with Crippen LogP contribution in [0, 0.1) is 0 Å². The van der Waals surface area contributed by atoms with Crippen LogP contribution in [0.1, 0.15) is 19.4 Å². The molecule has 0 unspecified atom stereocenters. The zero-order valence-electron chi connectivity index (χ0n) is 8.92. The Morgan fingerprint density at radius 1 is 1.43 bits per heavy atom. The van der Waals surface area contributed by atoms with Gasteiger partial charge >= 0.3 is 0 Å². The molecular weight excluding hydrogens is 196 g/mol. The molecule has 0 aliphatic carbocycles. The molecule has 1 aromatic carbocycles. The lowest BCUT2D eigenvalue weighted by Gasteiger charge is -2.27. The maximum Gasteiger partial charge on any atom is 0.0642 e. The van der Waals surface area contributed by atoms with Gasteiger partial charge in [-0.05, 0) is 25.5 Å². The molecule has 3 heteroatoms. The van der Waals surface area contributed by atoms with E-state index in [0.717, 1.165) is 16.3 Å². The highest BCUT2D eigenvalue weighted by Gasteiger charge is 2.12. The number of para-hydroxylation sites is 1. The number of hydrogen-bond acceptors (Lipinski definition) is 2. The van der Waals surface area contributed by atoms with E-state index in [4.69, 9.17) is 17.3 Å². The fourth-order valence-electron chi connectivity index (χ4n) is 1.38. The lowest BCUT2D eigenvalue weighted by Crippen LogP contribution is -2.27. The van der Waals surface area contributed by atoms with Gasteiger partial charge in [-0.3, -0.25) is 0 Å². The molecule has 78 valence electrons. The van der Waals surface area contributed by atoms with Gasteiger partial charge in [-0.25, -0.2) is 0 Å². The summed E-state index contributed by atoms with van der Waals surface area (Å²) in [6.07, 6.45) is 0. The quantitative estimate of drug-likeness (QED) is 0.835. The number of halogens is 1. The van der Waals surface area contributed by atoms with Crippen LogP contribution in [0.2, 0.25) is 5.02 Å². The van der Waals surface area contributed by atoms with E-state index >= 15 is 0 Å². The summed E-state index contributed by atoms with van der Waals surface area (Å²) in [4.78, 5) is 2.14. The number of anilines is 1. The van der Waals surface area contributed by atoms with Gasteiger partial charge in [0.1, 0.15) is 0 Å². The van der Waals surface area contributed by atoms with E-state index in [1.165, 1.54) is 0 Å². The van der Waals surface area contributed by atoms with Gasteiger partial charge in [0, 0.05) is 19.6 Å². The molecule has 1 aromatic rings. The van der Waals surface area contributed by atoms with Crippen molar-refractivity contribution >= 4 is 17.3 Å². The molecule has 0 bridgehead atoms. The minimum atomic E-state index is 0.417. The molecule has 0 spiro atoms. The van der Waals surface area contributed by atoms with Crippen molar-refractivity contribution in [2.45, 2.75) is 26.4 Å². The molecule has 0 aliphatic rings. The van der Waals surface area contributed by atoms with E-state index in [9.17, 15) is 0 Å². The van der Waals surface area contributed by atoms with Gasteiger partial charge in [0.2, 0.25) is 0 Å². The third-order valence-corrected chi connectivity index (χ3v) is 2.72. The summed E-state index contributed by atoms with van der Waals surface area (Å²) in [6.45, 7) is 4.78. The van der Waals surface area contributed by atoms with Crippen molar-refractivity contribution in [1.82, 2.24) is 0 Å². The lowest BCUT2D eigenvalue weighted by atomic mass is 10.1. The van der Waals surface area contributed by atoms with Gasteiger partial charge in [-0.1, -0.05) is 23.7 Å². The van der Waals surface area contributed by atoms with E-state index in [1.54, 1.807) is 0 Å². The average molecular weight is 213 g/mol. The van der Waals surface area contributed by atoms with Crippen molar-refractivity contribution < 1.29 is 0 Å². The number of nitrogens with zero attached hydrogens (tertiary/aromatic N) is 1. The molecule has 0 heterocycles. The van der Waals surface area contributed by atoms with Crippen LogP contribution < -0.4 is 10.6 Å². The van der Waals surface area contributed by atoms with Gasteiger partial charge in [-0.15, -0.1) is 0 Å². The summed E-state index contributed by atoms with van der Waals surface area (Å²) < 4.78 is 0. The van der Waals surface area contributed by atoms with Crippen molar-refractivity contribution in [2.75, 3.05) is 11.9 Å². The van der Waals surface area contributed by atoms with Gasteiger partial charge in [-0.2, -0.15) is 0 Å². The minimum absolute atomic E-state index is 0.417. The summed E-state index contributed by atoms with van der Waals surface area (Å²) in [5.74, 6) is 0. The van der Waals surface area contributed by atoms with Crippen LogP contribution in [0.4, 0.5) is 5.69 Å². The molecule has 1 rings (SSSR count).